The fourth-order valence-corrected chi connectivity index (χ4v) is 5.30. The second kappa shape index (κ2) is 19.4. The molecule has 2 aromatic rings. The lowest BCUT2D eigenvalue weighted by Gasteiger charge is -2.22. The minimum atomic E-state index is -0.545. The summed E-state index contributed by atoms with van der Waals surface area (Å²) in [5.74, 6) is -1.84. The monoisotopic (exact) mass is 602 g/mol. The van der Waals surface area contributed by atoms with Gasteiger partial charge in [0.15, 0.2) is 0 Å². The number of allylic oxidation sites excluding steroid dienone is 2. The highest BCUT2D eigenvalue weighted by molar-refractivity contribution is 5.85. The lowest BCUT2D eigenvalue weighted by atomic mass is 9.96. The van der Waals surface area contributed by atoms with E-state index in [4.69, 9.17) is 9.47 Å². The van der Waals surface area contributed by atoms with Crippen molar-refractivity contribution in [1.82, 2.24) is 9.80 Å². The highest BCUT2D eigenvalue weighted by Crippen LogP contribution is 2.17. The van der Waals surface area contributed by atoms with E-state index in [1.165, 1.54) is 14.2 Å². The van der Waals surface area contributed by atoms with Gasteiger partial charge >= 0.3 is 11.9 Å². The summed E-state index contributed by atoms with van der Waals surface area (Å²) in [6.45, 7) is 3.49. The fourth-order valence-electron chi connectivity index (χ4n) is 5.30. The molecule has 2 aromatic carbocycles. The Morgan fingerprint density at radius 2 is 1.02 bits per heavy atom. The lowest BCUT2D eigenvalue weighted by Crippen LogP contribution is -2.28. The molecular weight excluding hydrogens is 556 g/mol. The van der Waals surface area contributed by atoms with E-state index in [0.717, 1.165) is 11.1 Å². The maximum absolute atomic E-state index is 13.1. The predicted molar refractivity (Wildman–Crippen MR) is 170 cm³/mol. The highest BCUT2D eigenvalue weighted by atomic mass is 16.5. The van der Waals surface area contributed by atoms with Gasteiger partial charge in [-0.2, -0.15) is 0 Å². The van der Waals surface area contributed by atoms with Crippen LogP contribution in [-0.2, 0) is 41.7 Å². The van der Waals surface area contributed by atoms with Gasteiger partial charge in [0.2, 0.25) is 0 Å². The number of carbonyl (C=O) groups is 4. The maximum Gasteiger partial charge on any atom is 0.309 e. The Labute approximate surface area is 261 Å². The van der Waals surface area contributed by atoms with Crippen LogP contribution in [0, 0.1) is 11.8 Å². The summed E-state index contributed by atoms with van der Waals surface area (Å²) < 4.78 is 10.0. The number of Topliss-reactive ketones (excluding diaryl/α,β-unsaturated/α-hetero) is 2. The SMILES string of the molecule is COC(=O)C1C/C=C/CN(Cc2ccccc2)CCC(=O)CC(C(=O)OC)C/C=C/CN(Cc2ccccc2)CCC(=O)C1. The van der Waals surface area contributed by atoms with Gasteiger partial charge in [-0.1, -0.05) is 85.0 Å². The minimum absolute atomic E-state index is 0.0141. The van der Waals surface area contributed by atoms with E-state index >= 15 is 0 Å². The van der Waals surface area contributed by atoms with Crippen molar-refractivity contribution in [2.75, 3.05) is 40.4 Å². The third-order valence-corrected chi connectivity index (χ3v) is 7.83. The van der Waals surface area contributed by atoms with Crippen molar-refractivity contribution in [3.05, 3.63) is 96.1 Å². The molecule has 1 aliphatic rings. The molecule has 0 aromatic heterocycles. The van der Waals surface area contributed by atoms with E-state index in [9.17, 15) is 19.2 Å². The van der Waals surface area contributed by atoms with Gasteiger partial charge in [-0.25, -0.2) is 0 Å². The first kappa shape index (κ1) is 34.6. The smallest absolute Gasteiger partial charge is 0.309 e. The minimum Gasteiger partial charge on any atom is -0.469 e. The van der Waals surface area contributed by atoms with Crippen LogP contribution in [0.25, 0.3) is 0 Å². The van der Waals surface area contributed by atoms with Crippen LogP contribution in [0.3, 0.4) is 0 Å². The second-order valence-electron chi connectivity index (χ2n) is 11.3. The first-order valence-corrected chi connectivity index (χ1v) is 15.4. The quantitative estimate of drug-likeness (QED) is 0.330. The molecule has 1 heterocycles. The topological polar surface area (TPSA) is 93.2 Å². The van der Waals surface area contributed by atoms with E-state index in [-0.39, 0.29) is 36.3 Å². The number of methoxy groups -OCH3 is 2. The van der Waals surface area contributed by atoms with Crippen molar-refractivity contribution in [2.45, 2.75) is 51.6 Å². The molecule has 0 saturated carbocycles. The zero-order chi connectivity index (χ0) is 31.6. The molecule has 8 heteroatoms. The molecule has 1 aliphatic heterocycles. The van der Waals surface area contributed by atoms with Crippen LogP contribution < -0.4 is 0 Å². The number of carbonyl (C=O) groups excluding carboxylic acids is 4. The average Bonchev–Trinajstić information content (AvgIpc) is 3.04. The maximum atomic E-state index is 13.1. The Morgan fingerprint density at radius 3 is 1.39 bits per heavy atom. The van der Waals surface area contributed by atoms with E-state index in [1.807, 2.05) is 85.0 Å². The van der Waals surface area contributed by atoms with Gasteiger partial charge in [0, 0.05) is 65.0 Å². The van der Waals surface area contributed by atoms with Crippen LogP contribution >= 0.6 is 0 Å². The zero-order valence-corrected chi connectivity index (χ0v) is 26.1. The number of nitrogens with zero attached hydrogens (tertiary/aromatic N) is 2. The van der Waals surface area contributed by atoms with Crippen LogP contribution in [-0.4, -0.2) is 73.7 Å². The number of ketones is 2. The van der Waals surface area contributed by atoms with Crippen LogP contribution in [0.5, 0.6) is 0 Å². The first-order chi connectivity index (χ1) is 21.4. The van der Waals surface area contributed by atoms with Gasteiger partial charge in [-0.3, -0.25) is 29.0 Å². The normalized spacial score (nSPS) is 22.0. The van der Waals surface area contributed by atoms with Crippen LogP contribution in [0.4, 0.5) is 0 Å². The van der Waals surface area contributed by atoms with Gasteiger partial charge in [0.25, 0.3) is 0 Å². The molecule has 0 radical (unpaired) electrons. The number of hydrogen-bond donors (Lipinski definition) is 0. The molecule has 2 atom stereocenters. The molecule has 0 saturated heterocycles. The molecule has 236 valence electrons. The fraction of sp³-hybridized carbons (Fsp3) is 0.444. The van der Waals surface area contributed by atoms with Crippen molar-refractivity contribution in [2.24, 2.45) is 11.8 Å². The summed E-state index contributed by atoms with van der Waals surface area (Å²) >= 11 is 0. The number of esters is 2. The summed E-state index contributed by atoms with van der Waals surface area (Å²) in [7, 11) is 2.70. The van der Waals surface area contributed by atoms with Crippen molar-refractivity contribution in [3.8, 4) is 0 Å². The van der Waals surface area contributed by atoms with Gasteiger partial charge < -0.3 is 9.47 Å². The Morgan fingerprint density at radius 1 is 0.636 bits per heavy atom. The molecule has 44 heavy (non-hydrogen) atoms. The van der Waals surface area contributed by atoms with Crippen molar-refractivity contribution in [3.63, 3.8) is 0 Å². The summed E-state index contributed by atoms with van der Waals surface area (Å²) in [4.78, 5) is 55.5. The van der Waals surface area contributed by atoms with Crippen molar-refractivity contribution < 1.29 is 28.7 Å². The number of benzene rings is 2. The molecular formula is C36H46N2O6. The van der Waals surface area contributed by atoms with E-state index in [2.05, 4.69) is 9.80 Å². The van der Waals surface area contributed by atoms with Crippen LogP contribution in [0.1, 0.15) is 49.7 Å². The van der Waals surface area contributed by atoms with Gasteiger partial charge in [0.1, 0.15) is 11.6 Å². The molecule has 2 unspecified atom stereocenters. The highest BCUT2D eigenvalue weighted by Gasteiger charge is 2.23. The van der Waals surface area contributed by atoms with E-state index in [1.54, 1.807) is 0 Å². The van der Waals surface area contributed by atoms with Gasteiger partial charge in [0.05, 0.1) is 26.1 Å². The van der Waals surface area contributed by atoms with Crippen LogP contribution in [0.15, 0.2) is 85.0 Å². The number of hydrogen-bond acceptors (Lipinski definition) is 8. The number of ether oxygens (including phenoxy) is 2. The van der Waals surface area contributed by atoms with E-state index < -0.39 is 11.8 Å². The molecule has 0 N–H and O–H groups in total. The molecule has 0 amide bonds. The molecule has 3 rings (SSSR count). The van der Waals surface area contributed by atoms with Crippen molar-refractivity contribution >= 4 is 23.5 Å². The molecule has 0 spiro atoms. The Bertz CT molecular complexity index is 1150. The second-order valence-corrected chi connectivity index (χ2v) is 11.3. The van der Waals surface area contributed by atoms with Gasteiger partial charge in [-0.15, -0.1) is 0 Å². The summed E-state index contributed by atoms with van der Waals surface area (Å²) in [5.41, 5.74) is 2.25. The van der Waals surface area contributed by atoms with Gasteiger partial charge in [-0.05, 0) is 24.0 Å². The van der Waals surface area contributed by atoms with Crippen molar-refractivity contribution in [1.29, 1.82) is 0 Å². The molecule has 8 nitrogen and oxygen atoms in total. The number of rotatable bonds is 6. The Kier molecular flexibility index (Phi) is 15.3. The summed E-state index contributed by atoms with van der Waals surface area (Å²) in [6.07, 6.45) is 9.46. The third kappa shape index (κ3) is 12.8. The Hall–Kier alpha value is -3.88. The zero-order valence-electron chi connectivity index (χ0n) is 26.1. The average molecular weight is 603 g/mol. The largest absolute Gasteiger partial charge is 0.469 e. The Balaban J connectivity index is 1.79. The van der Waals surface area contributed by atoms with E-state index in [0.29, 0.717) is 65.0 Å². The summed E-state index contributed by atoms with van der Waals surface area (Å²) in [5, 5.41) is 0. The summed E-state index contributed by atoms with van der Waals surface area (Å²) in [6, 6.07) is 20.0. The lowest BCUT2D eigenvalue weighted by molar-refractivity contribution is -0.147. The standard InChI is InChI=1S/C36H46N2O6/c1-43-35(41)31-17-9-11-21-37(27-29-13-5-3-6-14-29)24-20-34(40)26-32(36(42)44-2)18-10-12-22-38(23-19-33(39)25-31)28-30-15-7-4-8-16-30/h3-16,31-32H,17-28H2,1-2H3/b11-9+,12-10+. The third-order valence-electron chi connectivity index (χ3n) is 7.83. The first-order valence-electron chi connectivity index (χ1n) is 15.4. The van der Waals surface area contributed by atoms with Crippen LogP contribution in [0.2, 0.25) is 0 Å². The predicted octanol–water partition coefficient (Wildman–Crippen LogP) is 5.17. The molecule has 0 aliphatic carbocycles. The molecule has 0 fully saturated rings. The molecule has 0 bridgehead atoms.